The van der Waals surface area contributed by atoms with E-state index in [-0.39, 0.29) is 17.2 Å². The molecular weight excluding hydrogens is 338 g/mol. The lowest BCUT2D eigenvalue weighted by atomic mass is 9.71. The number of nitrogens with zero attached hydrogens (tertiary/aromatic N) is 1. The van der Waals surface area contributed by atoms with Gasteiger partial charge < -0.3 is 4.74 Å². The summed E-state index contributed by atoms with van der Waals surface area (Å²) in [5.41, 5.74) is 2.29. The number of ketones is 1. The van der Waals surface area contributed by atoms with Gasteiger partial charge in [0.2, 0.25) is 0 Å². The maximum absolute atomic E-state index is 12.4. The maximum atomic E-state index is 12.4. The first-order chi connectivity index (χ1) is 13.1. The molecule has 1 spiro atoms. The molecule has 4 nitrogen and oxygen atoms in total. The summed E-state index contributed by atoms with van der Waals surface area (Å²) in [4.78, 5) is 26.2. The van der Waals surface area contributed by atoms with E-state index in [1.54, 1.807) is 0 Å². The molecule has 1 aliphatic carbocycles. The van der Waals surface area contributed by atoms with E-state index in [2.05, 4.69) is 17.1 Å². The molecule has 0 N–H and O–H groups in total. The van der Waals surface area contributed by atoms with E-state index in [0.717, 1.165) is 44.3 Å². The SMILES string of the molecule is CCOC(=O)C/C=C1/C=CC2(CC1)CCN(CC(=O)c1ccccc1)CC2. The number of hydrogen-bond acceptors (Lipinski definition) is 4. The lowest BCUT2D eigenvalue weighted by Crippen LogP contribution is -2.42. The van der Waals surface area contributed by atoms with Crippen molar-refractivity contribution in [3.05, 3.63) is 59.7 Å². The Bertz CT molecular complexity index is 712. The predicted octanol–water partition coefficient (Wildman–Crippen LogP) is 4.18. The van der Waals surface area contributed by atoms with Crippen LogP contribution in [0.4, 0.5) is 0 Å². The summed E-state index contributed by atoms with van der Waals surface area (Å²) in [5, 5.41) is 0. The second-order valence-corrected chi connectivity index (χ2v) is 7.55. The summed E-state index contributed by atoms with van der Waals surface area (Å²) >= 11 is 0. The largest absolute Gasteiger partial charge is 0.466 e. The highest BCUT2D eigenvalue weighted by Crippen LogP contribution is 2.42. The van der Waals surface area contributed by atoms with Crippen molar-refractivity contribution >= 4 is 11.8 Å². The van der Waals surface area contributed by atoms with Crippen LogP contribution >= 0.6 is 0 Å². The molecule has 1 heterocycles. The van der Waals surface area contributed by atoms with Gasteiger partial charge in [0.25, 0.3) is 0 Å². The summed E-state index contributed by atoms with van der Waals surface area (Å²) in [7, 11) is 0. The third-order valence-electron chi connectivity index (χ3n) is 5.71. The molecule has 0 saturated carbocycles. The highest BCUT2D eigenvalue weighted by Gasteiger charge is 2.34. The van der Waals surface area contributed by atoms with E-state index in [9.17, 15) is 9.59 Å². The molecule has 1 aliphatic heterocycles. The van der Waals surface area contributed by atoms with Gasteiger partial charge >= 0.3 is 5.97 Å². The molecule has 27 heavy (non-hydrogen) atoms. The van der Waals surface area contributed by atoms with Gasteiger partial charge in [-0.2, -0.15) is 0 Å². The Hall–Kier alpha value is -2.20. The van der Waals surface area contributed by atoms with Crippen molar-refractivity contribution in [2.45, 2.75) is 39.0 Å². The molecule has 0 unspecified atom stereocenters. The maximum Gasteiger partial charge on any atom is 0.309 e. The van der Waals surface area contributed by atoms with Gasteiger partial charge in [-0.1, -0.05) is 54.1 Å². The molecule has 1 aromatic carbocycles. The summed E-state index contributed by atoms with van der Waals surface area (Å²) < 4.78 is 4.98. The topological polar surface area (TPSA) is 46.6 Å². The average Bonchev–Trinajstić information content (AvgIpc) is 2.70. The molecule has 144 valence electrons. The fourth-order valence-corrected chi connectivity index (χ4v) is 3.94. The number of hydrogen-bond donors (Lipinski definition) is 0. The zero-order valence-corrected chi connectivity index (χ0v) is 16.2. The molecule has 1 fully saturated rings. The lowest BCUT2D eigenvalue weighted by Gasteiger charge is -2.41. The number of carbonyl (C=O) groups excluding carboxylic acids is 2. The number of benzene rings is 1. The zero-order chi connectivity index (χ0) is 19.1. The van der Waals surface area contributed by atoms with Gasteiger partial charge in [-0.05, 0) is 51.1 Å². The van der Waals surface area contributed by atoms with Gasteiger partial charge in [-0.15, -0.1) is 0 Å². The third-order valence-corrected chi connectivity index (χ3v) is 5.71. The molecule has 3 rings (SSSR count). The first-order valence-electron chi connectivity index (χ1n) is 9.95. The number of rotatable bonds is 6. The van der Waals surface area contributed by atoms with Crippen LogP contribution in [0.15, 0.2) is 54.1 Å². The Balaban J connectivity index is 1.49. The van der Waals surface area contributed by atoms with Gasteiger partial charge in [-0.25, -0.2) is 0 Å². The Morgan fingerprint density at radius 1 is 1.15 bits per heavy atom. The van der Waals surface area contributed by atoms with Crippen molar-refractivity contribution in [2.24, 2.45) is 5.41 Å². The van der Waals surface area contributed by atoms with Gasteiger partial charge in [-0.3, -0.25) is 14.5 Å². The number of allylic oxidation sites excluding steroid dienone is 3. The second-order valence-electron chi connectivity index (χ2n) is 7.55. The highest BCUT2D eigenvalue weighted by atomic mass is 16.5. The monoisotopic (exact) mass is 367 g/mol. The first-order valence-corrected chi connectivity index (χ1v) is 9.95. The third kappa shape index (κ3) is 5.39. The fraction of sp³-hybridized carbons (Fsp3) is 0.478. The number of ether oxygens (including phenoxy) is 1. The van der Waals surface area contributed by atoms with Crippen molar-refractivity contribution in [3.63, 3.8) is 0 Å². The summed E-state index contributed by atoms with van der Waals surface area (Å²) in [6, 6.07) is 9.55. The number of esters is 1. The van der Waals surface area contributed by atoms with E-state index >= 15 is 0 Å². The van der Waals surface area contributed by atoms with E-state index in [4.69, 9.17) is 4.74 Å². The number of piperidine rings is 1. The van der Waals surface area contributed by atoms with Crippen LogP contribution in [-0.4, -0.2) is 42.9 Å². The molecule has 0 atom stereocenters. The molecule has 4 heteroatoms. The summed E-state index contributed by atoms with van der Waals surface area (Å²) in [6.07, 6.45) is 11.2. The van der Waals surface area contributed by atoms with Crippen LogP contribution in [0.2, 0.25) is 0 Å². The van der Waals surface area contributed by atoms with Crippen LogP contribution in [0, 0.1) is 5.41 Å². The molecule has 0 radical (unpaired) electrons. The van der Waals surface area contributed by atoms with Gasteiger partial charge in [0.15, 0.2) is 5.78 Å². The van der Waals surface area contributed by atoms with Gasteiger partial charge in [0, 0.05) is 5.56 Å². The number of likely N-dealkylation sites (tertiary alicyclic amines) is 1. The molecule has 1 saturated heterocycles. The Labute approximate surface area is 161 Å². The molecule has 0 amide bonds. The average molecular weight is 367 g/mol. The van der Waals surface area contributed by atoms with Crippen LogP contribution in [0.25, 0.3) is 0 Å². The predicted molar refractivity (Wildman–Crippen MR) is 107 cm³/mol. The number of Topliss-reactive ketones (excluding diaryl/α,β-unsaturated/α-hetero) is 1. The van der Waals surface area contributed by atoms with E-state index in [1.165, 1.54) is 5.57 Å². The summed E-state index contributed by atoms with van der Waals surface area (Å²) in [6.45, 7) is 4.70. The van der Waals surface area contributed by atoms with E-state index in [0.29, 0.717) is 19.6 Å². The van der Waals surface area contributed by atoms with Crippen LogP contribution in [0.3, 0.4) is 0 Å². The van der Waals surface area contributed by atoms with Crippen molar-refractivity contribution in [1.82, 2.24) is 4.90 Å². The first kappa shape index (κ1) is 19.6. The van der Waals surface area contributed by atoms with Crippen molar-refractivity contribution in [2.75, 3.05) is 26.2 Å². The minimum absolute atomic E-state index is 0.157. The van der Waals surface area contributed by atoms with Gasteiger partial charge in [0.05, 0.1) is 19.6 Å². The zero-order valence-electron chi connectivity index (χ0n) is 16.2. The van der Waals surface area contributed by atoms with Crippen molar-refractivity contribution < 1.29 is 14.3 Å². The second kappa shape index (κ2) is 9.14. The normalized spacial score (nSPS) is 20.7. The molecule has 0 aromatic heterocycles. The van der Waals surface area contributed by atoms with Crippen LogP contribution in [-0.2, 0) is 9.53 Å². The van der Waals surface area contributed by atoms with Crippen molar-refractivity contribution in [3.8, 4) is 0 Å². The Morgan fingerprint density at radius 2 is 1.89 bits per heavy atom. The van der Waals surface area contributed by atoms with Gasteiger partial charge in [0.1, 0.15) is 0 Å². The van der Waals surface area contributed by atoms with Crippen LogP contribution in [0.1, 0.15) is 49.4 Å². The van der Waals surface area contributed by atoms with E-state index < -0.39 is 0 Å². The fourth-order valence-electron chi connectivity index (χ4n) is 3.94. The molecule has 1 aromatic rings. The lowest BCUT2D eigenvalue weighted by molar-refractivity contribution is -0.142. The molecule has 2 aliphatic rings. The van der Waals surface area contributed by atoms with Crippen LogP contribution < -0.4 is 0 Å². The Morgan fingerprint density at radius 3 is 2.52 bits per heavy atom. The highest BCUT2D eigenvalue weighted by molar-refractivity contribution is 5.97. The molecular formula is C23H29NO3. The Kier molecular flexibility index (Phi) is 6.62. The standard InChI is InChI=1S/C23H29NO3/c1-2-27-22(26)9-8-19-10-12-23(13-11-19)14-16-24(17-15-23)18-21(25)20-6-4-3-5-7-20/h3-8,10,12H,2,9,11,13-18H2,1H3/b19-8-. The number of carbonyl (C=O) groups is 2. The van der Waals surface area contributed by atoms with E-state index in [1.807, 2.05) is 43.3 Å². The minimum atomic E-state index is -0.157. The minimum Gasteiger partial charge on any atom is -0.466 e. The van der Waals surface area contributed by atoms with Crippen LogP contribution in [0.5, 0.6) is 0 Å². The smallest absolute Gasteiger partial charge is 0.309 e. The molecule has 0 bridgehead atoms. The summed E-state index contributed by atoms with van der Waals surface area (Å²) in [5.74, 6) is 0.0463. The van der Waals surface area contributed by atoms with Crippen molar-refractivity contribution in [1.29, 1.82) is 0 Å². The quantitative estimate of drug-likeness (QED) is 0.559.